The maximum atomic E-state index is 13.1. The molecule has 2 aliphatic carbocycles. The summed E-state index contributed by atoms with van der Waals surface area (Å²) in [6, 6.07) is 6.30. The molecule has 0 saturated heterocycles. The second-order valence-corrected chi connectivity index (χ2v) is 5.77. The molecule has 2 aliphatic rings. The normalized spacial score (nSPS) is 21.2. The van der Waals surface area contributed by atoms with Gasteiger partial charge >= 0.3 is 0 Å². The van der Waals surface area contributed by atoms with Crippen LogP contribution in [-0.4, -0.2) is 24.1 Å². The van der Waals surface area contributed by atoms with Gasteiger partial charge in [-0.3, -0.25) is 10.1 Å². The monoisotopic (exact) mass is 278 g/mol. The van der Waals surface area contributed by atoms with Gasteiger partial charge in [0.15, 0.2) is 0 Å². The fraction of sp³-hybridized carbons (Fsp3) is 0.533. The first-order valence-corrected chi connectivity index (χ1v) is 7.06. The van der Waals surface area contributed by atoms with Gasteiger partial charge in [-0.1, -0.05) is 6.07 Å². The van der Waals surface area contributed by atoms with E-state index in [-0.39, 0.29) is 24.2 Å². The molecule has 1 atom stereocenters. The van der Waals surface area contributed by atoms with Gasteiger partial charge in [0.05, 0.1) is 0 Å². The fourth-order valence-electron chi connectivity index (χ4n) is 2.54. The van der Waals surface area contributed by atoms with Crippen molar-refractivity contribution < 1.29 is 13.9 Å². The first kappa shape index (κ1) is 13.4. The molecule has 0 spiro atoms. The lowest BCUT2D eigenvalue weighted by Gasteiger charge is -2.32. The van der Waals surface area contributed by atoms with Crippen LogP contribution in [-0.2, 0) is 4.79 Å². The SMILES string of the molecule is NC(=O)C(COc1cccc(F)c1)(NC1CC1)C1CC1. The Balaban J connectivity index is 1.73. The van der Waals surface area contributed by atoms with Crippen LogP contribution in [0.15, 0.2) is 24.3 Å². The molecule has 20 heavy (non-hydrogen) atoms. The van der Waals surface area contributed by atoms with E-state index in [2.05, 4.69) is 5.32 Å². The van der Waals surface area contributed by atoms with Gasteiger partial charge < -0.3 is 10.5 Å². The molecule has 0 aromatic heterocycles. The Morgan fingerprint density at radius 1 is 1.40 bits per heavy atom. The van der Waals surface area contributed by atoms with Gasteiger partial charge in [0, 0.05) is 12.1 Å². The molecule has 2 fully saturated rings. The highest BCUT2D eigenvalue weighted by Gasteiger charge is 2.52. The number of rotatable bonds is 7. The van der Waals surface area contributed by atoms with Crippen LogP contribution in [0, 0.1) is 11.7 Å². The van der Waals surface area contributed by atoms with Crippen molar-refractivity contribution >= 4 is 5.91 Å². The second-order valence-electron chi connectivity index (χ2n) is 5.77. The summed E-state index contributed by atoms with van der Waals surface area (Å²) < 4.78 is 18.8. The van der Waals surface area contributed by atoms with Gasteiger partial charge in [-0.05, 0) is 43.7 Å². The number of nitrogens with two attached hydrogens (primary N) is 1. The molecular formula is C15H19FN2O2. The van der Waals surface area contributed by atoms with Crippen LogP contribution >= 0.6 is 0 Å². The van der Waals surface area contributed by atoms with Crippen molar-refractivity contribution in [1.29, 1.82) is 0 Å². The molecule has 1 aromatic rings. The van der Waals surface area contributed by atoms with E-state index in [1.807, 2.05) is 0 Å². The number of hydrogen-bond acceptors (Lipinski definition) is 3. The van der Waals surface area contributed by atoms with Crippen LogP contribution in [0.3, 0.4) is 0 Å². The fourth-order valence-corrected chi connectivity index (χ4v) is 2.54. The van der Waals surface area contributed by atoms with E-state index in [1.165, 1.54) is 12.1 Å². The molecule has 3 rings (SSSR count). The third kappa shape index (κ3) is 2.77. The standard InChI is InChI=1S/C15H19FN2O2/c16-11-2-1-3-13(8-11)20-9-15(14(17)19,10-4-5-10)18-12-6-7-12/h1-3,8,10,12,18H,4-7,9H2,(H2,17,19). The maximum absolute atomic E-state index is 13.1. The zero-order valence-electron chi connectivity index (χ0n) is 11.3. The minimum atomic E-state index is -0.812. The van der Waals surface area contributed by atoms with Gasteiger partial charge in [-0.15, -0.1) is 0 Å². The lowest BCUT2D eigenvalue weighted by molar-refractivity contribution is -0.126. The molecule has 0 heterocycles. The van der Waals surface area contributed by atoms with Crippen molar-refractivity contribution in [2.24, 2.45) is 11.7 Å². The summed E-state index contributed by atoms with van der Waals surface area (Å²) in [6.45, 7) is 0.160. The van der Waals surface area contributed by atoms with Gasteiger partial charge in [-0.2, -0.15) is 0 Å². The number of carbonyl (C=O) groups is 1. The van der Waals surface area contributed by atoms with E-state index in [0.29, 0.717) is 11.8 Å². The van der Waals surface area contributed by atoms with Crippen LogP contribution in [0.4, 0.5) is 4.39 Å². The Bertz CT molecular complexity index is 514. The van der Waals surface area contributed by atoms with E-state index in [4.69, 9.17) is 10.5 Å². The summed E-state index contributed by atoms with van der Waals surface area (Å²) >= 11 is 0. The Kier molecular flexibility index (Phi) is 3.38. The van der Waals surface area contributed by atoms with E-state index in [1.54, 1.807) is 12.1 Å². The molecule has 0 radical (unpaired) electrons. The number of amides is 1. The van der Waals surface area contributed by atoms with Gasteiger partial charge in [0.2, 0.25) is 5.91 Å². The van der Waals surface area contributed by atoms with Crippen molar-refractivity contribution in [2.45, 2.75) is 37.3 Å². The zero-order chi connectivity index (χ0) is 14.2. The highest BCUT2D eigenvalue weighted by Crippen LogP contribution is 2.41. The number of primary amides is 1. The average molecular weight is 278 g/mol. The maximum Gasteiger partial charge on any atom is 0.241 e. The minimum Gasteiger partial charge on any atom is -0.491 e. The second kappa shape index (κ2) is 5.05. The average Bonchev–Trinajstić information content (AvgIpc) is 3.26. The van der Waals surface area contributed by atoms with Crippen LogP contribution in [0.1, 0.15) is 25.7 Å². The number of ether oxygens (including phenoxy) is 1. The predicted molar refractivity (Wildman–Crippen MR) is 72.7 cm³/mol. The highest BCUT2D eigenvalue weighted by molar-refractivity contribution is 5.86. The largest absolute Gasteiger partial charge is 0.491 e. The summed E-state index contributed by atoms with van der Waals surface area (Å²) in [4.78, 5) is 12.0. The lowest BCUT2D eigenvalue weighted by Crippen LogP contribution is -2.61. The van der Waals surface area contributed by atoms with Gasteiger partial charge in [0.25, 0.3) is 0 Å². The number of nitrogens with one attached hydrogen (secondary N) is 1. The number of benzene rings is 1. The van der Waals surface area contributed by atoms with Crippen LogP contribution in [0.2, 0.25) is 0 Å². The van der Waals surface area contributed by atoms with E-state index < -0.39 is 5.54 Å². The van der Waals surface area contributed by atoms with Crippen molar-refractivity contribution in [1.82, 2.24) is 5.32 Å². The number of hydrogen-bond donors (Lipinski definition) is 2. The van der Waals surface area contributed by atoms with E-state index in [9.17, 15) is 9.18 Å². The Morgan fingerprint density at radius 3 is 2.70 bits per heavy atom. The number of carbonyl (C=O) groups excluding carboxylic acids is 1. The van der Waals surface area contributed by atoms with Crippen molar-refractivity contribution in [3.05, 3.63) is 30.1 Å². The molecule has 2 saturated carbocycles. The van der Waals surface area contributed by atoms with E-state index >= 15 is 0 Å². The van der Waals surface area contributed by atoms with Crippen LogP contribution < -0.4 is 15.8 Å². The molecule has 5 heteroatoms. The summed E-state index contributed by atoms with van der Waals surface area (Å²) in [5.74, 6) is -0.0694. The molecule has 1 unspecified atom stereocenters. The molecule has 4 nitrogen and oxygen atoms in total. The Morgan fingerprint density at radius 2 is 2.15 bits per heavy atom. The molecule has 0 bridgehead atoms. The van der Waals surface area contributed by atoms with Crippen molar-refractivity contribution in [3.8, 4) is 5.75 Å². The van der Waals surface area contributed by atoms with E-state index in [0.717, 1.165) is 25.7 Å². The van der Waals surface area contributed by atoms with Crippen LogP contribution in [0.25, 0.3) is 0 Å². The molecule has 1 aromatic carbocycles. The Hall–Kier alpha value is -1.62. The molecule has 0 aliphatic heterocycles. The van der Waals surface area contributed by atoms with Gasteiger partial charge in [-0.25, -0.2) is 4.39 Å². The minimum absolute atomic E-state index is 0.160. The topological polar surface area (TPSA) is 64.4 Å². The first-order chi connectivity index (χ1) is 9.60. The summed E-state index contributed by atoms with van der Waals surface area (Å²) in [5.41, 5.74) is 4.82. The molecule has 1 amide bonds. The summed E-state index contributed by atoms with van der Waals surface area (Å²) in [6.07, 6.45) is 4.10. The first-order valence-electron chi connectivity index (χ1n) is 7.06. The lowest BCUT2D eigenvalue weighted by atomic mass is 9.93. The molecule has 3 N–H and O–H groups in total. The number of halogens is 1. The Labute approximate surface area is 117 Å². The third-order valence-electron chi connectivity index (χ3n) is 4.02. The predicted octanol–water partition coefficient (Wildman–Crippen LogP) is 1.59. The summed E-state index contributed by atoms with van der Waals surface area (Å²) in [7, 11) is 0. The highest BCUT2D eigenvalue weighted by atomic mass is 19.1. The van der Waals surface area contributed by atoms with Gasteiger partial charge in [0.1, 0.15) is 23.7 Å². The molecular weight excluding hydrogens is 259 g/mol. The van der Waals surface area contributed by atoms with Crippen LogP contribution in [0.5, 0.6) is 5.75 Å². The zero-order valence-corrected chi connectivity index (χ0v) is 11.3. The summed E-state index contributed by atoms with van der Waals surface area (Å²) in [5, 5.41) is 3.36. The van der Waals surface area contributed by atoms with Crippen molar-refractivity contribution in [3.63, 3.8) is 0 Å². The van der Waals surface area contributed by atoms with Crippen molar-refractivity contribution in [2.75, 3.05) is 6.61 Å². The smallest absolute Gasteiger partial charge is 0.241 e. The molecule has 108 valence electrons. The third-order valence-corrected chi connectivity index (χ3v) is 4.02. The quantitative estimate of drug-likeness (QED) is 0.796.